The van der Waals surface area contributed by atoms with Gasteiger partial charge in [-0.3, -0.25) is 0 Å². The van der Waals surface area contributed by atoms with Gasteiger partial charge in [0.25, 0.3) is 0 Å². The maximum absolute atomic E-state index is 10.7. The Kier molecular flexibility index (Phi) is 9.85. The highest BCUT2D eigenvalue weighted by atomic mass is 15.0. The summed E-state index contributed by atoms with van der Waals surface area (Å²) in [5.74, 6) is 1.68. The summed E-state index contributed by atoms with van der Waals surface area (Å²) in [5, 5.41) is 15.7. The van der Waals surface area contributed by atoms with Crippen molar-refractivity contribution in [2.45, 2.75) is 0 Å². The third kappa shape index (κ3) is 7.13. The number of benzene rings is 11. The average molecular weight is 889 g/mol. The number of nitriles is 1. The largest absolute Gasteiger partial charge is 0.208 e. The second kappa shape index (κ2) is 16.9. The van der Waals surface area contributed by atoms with E-state index < -0.39 is 0 Å². The van der Waals surface area contributed by atoms with Crippen molar-refractivity contribution in [2.24, 2.45) is 0 Å². The lowest BCUT2D eigenvalue weighted by atomic mass is 9.91. The lowest BCUT2D eigenvalue weighted by Gasteiger charge is -2.14. The highest BCUT2D eigenvalue weighted by Gasteiger charge is 2.24. The van der Waals surface area contributed by atoms with Crippen molar-refractivity contribution in [2.75, 3.05) is 0 Å². The smallest absolute Gasteiger partial charge is 0.164 e. The molecule has 0 saturated heterocycles. The van der Waals surface area contributed by atoms with E-state index in [0.717, 1.165) is 61.2 Å². The van der Waals surface area contributed by atoms with Crippen LogP contribution in [0, 0.1) is 11.3 Å². The van der Waals surface area contributed by atoms with E-state index in [2.05, 4.69) is 182 Å². The minimum atomic E-state index is 0.533. The van der Waals surface area contributed by atoms with E-state index in [0.29, 0.717) is 23.0 Å². The molecule has 0 N–H and O–H groups in total. The van der Waals surface area contributed by atoms with Gasteiger partial charge in [0, 0.05) is 22.3 Å². The fraction of sp³-hybridized carbons (Fsp3) is 0. The minimum Gasteiger partial charge on any atom is -0.208 e. The molecule has 0 aliphatic heterocycles. The van der Waals surface area contributed by atoms with Crippen molar-refractivity contribution < 1.29 is 0 Å². The highest BCUT2D eigenvalue weighted by molar-refractivity contribution is 6.18. The fourth-order valence-electron chi connectivity index (χ4n) is 10.3. The van der Waals surface area contributed by atoms with Gasteiger partial charge in [-0.25, -0.2) is 15.0 Å². The van der Waals surface area contributed by atoms with Crippen LogP contribution in [0.4, 0.5) is 0 Å². The van der Waals surface area contributed by atoms with Crippen molar-refractivity contribution in [3.8, 4) is 118 Å². The monoisotopic (exact) mass is 888 g/mol. The third-order valence-electron chi connectivity index (χ3n) is 13.8. The zero-order valence-electron chi connectivity index (χ0n) is 37.9. The van der Waals surface area contributed by atoms with Crippen LogP contribution in [0.1, 0.15) is 5.56 Å². The van der Waals surface area contributed by atoms with Crippen LogP contribution in [0.3, 0.4) is 0 Å². The second-order valence-electron chi connectivity index (χ2n) is 17.8. The van der Waals surface area contributed by atoms with Crippen molar-refractivity contribution in [3.05, 3.63) is 248 Å². The molecule has 0 bridgehead atoms. The Bertz CT molecular complexity index is 4030. The molecule has 324 valence electrons. The Morgan fingerprint density at radius 2 is 0.714 bits per heavy atom. The molecule has 0 fully saturated rings. The number of aromatic nitrogens is 3. The summed E-state index contributed by atoms with van der Waals surface area (Å²) < 4.78 is 0. The van der Waals surface area contributed by atoms with E-state index >= 15 is 0 Å². The summed E-state index contributed by atoms with van der Waals surface area (Å²) in [4.78, 5) is 15.2. The summed E-state index contributed by atoms with van der Waals surface area (Å²) in [5.41, 5.74) is 19.0. The molecule has 11 aromatic carbocycles. The first-order valence-electron chi connectivity index (χ1n) is 23.6. The van der Waals surface area contributed by atoms with Crippen LogP contribution in [0.2, 0.25) is 0 Å². The average Bonchev–Trinajstić information content (AvgIpc) is 3.78. The lowest BCUT2D eigenvalue weighted by molar-refractivity contribution is 1.07. The van der Waals surface area contributed by atoms with E-state index in [4.69, 9.17) is 15.0 Å². The first-order chi connectivity index (χ1) is 34.6. The van der Waals surface area contributed by atoms with Crippen molar-refractivity contribution in [1.82, 2.24) is 15.0 Å². The molecular weight excluding hydrogens is 849 g/mol. The zero-order valence-corrected chi connectivity index (χ0v) is 37.9. The quantitative estimate of drug-likeness (QED) is 0.152. The van der Waals surface area contributed by atoms with Crippen LogP contribution in [0.25, 0.3) is 134 Å². The number of hydrogen-bond donors (Lipinski definition) is 0. The number of hydrogen-bond acceptors (Lipinski definition) is 4. The Labute approximate surface area is 406 Å². The Morgan fingerprint density at radius 1 is 0.257 bits per heavy atom. The Morgan fingerprint density at radius 3 is 1.41 bits per heavy atom. The van der Waals surface area contributed by atoms with Gasteiger partial charge in [-0.2, -0.15) is 5.26 Å². The zero-order chi connectivity index (χ0) is 46.5. The molecule has 13 rings (SSSR count). The van der Waals surface area contributed by atoms with Crippen LogP contribution < -0.4 is 0 Å². The SMILES string of the molecule is N#Cc1cc(-c2ccc(-c3ccc(-c4cccc5c4-c4cccc6cccc-5c46)cc3)cc2)ccc1-c1ccccc1-c1nc(-c2ccccc2)nc(-c2ccc(-c3ccc4ccccc4c3)cc2)n1. The van der Waals surface area contributed by atoms with Gasteiger partial charge < -0.3 is 0 Å². The van der Waals surface area contributed by atoms with Gasteiger partial charge in [0.15, 0.2) is 17.5 Å². The number of nitrogens with zero attached hydrogens (tertiary/aromatic N) is 4. The van der Waals surface area contributed by atoms with Crippen LogP contribution in [0.15, 0.2) is 243 Å². The Balaban J connectivity index is 0.798. The van der Waals surface area contributed by atoms with Crippen molar-refractivity contribution in [3.63, 3.8) is 0 Å². The standard InChI is InChI=1S/C66H40N4/c67-41-54-40-53(45-25-23-43(24-26-45)44-27-32-47(33-28-44)56-19-10-21-59-58-20-8-15-48-16-9-22-61(62(48)58)63(56)59)37-38-55(54)57-17-6-7-18-60(57)66-69-64(49-12-2-1-3-13-49)68-65(70-66)50-34-29-46(30-35-50)52-36-31-42-11-4-5-14-51(42)39-52/h1-40H. The molecule has 0 atom stereocenters. The first kappa shape index (κ1) is 40.7. The van der Waals surface area contributed by atoms with E-state index in [-0.39, 0.29) is 0 Å². The molecule has 12 aromatic rings. The molecule has 1 heterocycles. The fourth-order valence-corrected chi connectivity index (χ4v) is 10.3. The Hall–Kier alpha value is -9.56. The van der Waals surface area contributed by atoms with Crippen LogP contribution >= 0.6 is 0 Å². The molecule has 0 amide bonds. The minimum absolute atomic E-state index is 0.533. The second-order valence-corrected chi connectivity index (χ2v) is 17.8. The molecule has 4 heteroatoms. The van der Waals surface area contributed by atoms with Crippen molar-refractivity contribution >= 4 is 21.5 Å². The molecule has 1 aromatic heterocycles. The molecule has 0 saturated carbocycles. The molecule has 70 heavy (non-hydrogen) atoms. The molecule has 1 aliphatic rings. The number of rotatable bonds is 8. The van der Waals surface area contributed by atoms with Gasteiger partial charge in [0.1, 0.15) is 0 Å². The van der Waals surface area contributed by atoms with Crippen LogP contribution in [0.5, 0.6) is 0 Å². The maximum Gasteiger partial charge on any atom is 0.164 e. The summed E-state index contributed by atoms with van der Waals surface area (Å²) >= 11 is 0. The maximum atomic E-state index is 10.7. The van der Waals surface area contributed by atoms with Gasteiger partial charge in [-0.05, 0) is 106 Å². The predicted octanol–water partition coefficient (Wildman–Crippen LogP) is 17.0. The van der Waals surface area contributed by atoms with Crippen LogP contribution in [-0.4, -0.2) is 15.0 Å². The summed E-state index contributed by atoms with van der Waals surface area (Å²) in [6, 6.07) is 87.5. The highest BCUT2D eigenvalue weighted by Crippen LogP contribution is 2.51. The van der Waals surface area contributed by atoms with Gasteiger partial charge >= 0.3 is 0 Å². The summed E-state index contributed by atoms with van der Waals surface area (Å²) in [7, 11) is 0. The third-order valence-corrected chi connectivity index (χ3v) is 13.8. The molecule has 0 unspecified atom stereocenters. The first-order valence-corrected chi connectivity index (χ1v) is 23.6. The predicted molar refractivity (Wildman–Crippen MR) is 287 cm³/mol. The van der Waals surface area contributed by atoms with Gasteiger partial charge in [-0.1, -0.05) is 231 Å². The van der Waals surface area contributed by atoms with Gasteiger partial charge in [-0.15, -0.1) is 0 Å². The number of fused-ring (bicyclic) bond motifs is 4. The molecule has 1 aliphatic carbocycles. The normalized spacial score (nSPS) is 11.4. The molecule has 0 spiro atoms. The molecular formula is C66H40N4. The van der Waals surface area contributed by atoms with Gasteiger partial charge in [0.2, 0.25) is 0 Å². The summed E-state index contributed by atoms with van der Waals surface area (Å²) in [6.07, 6.45) is 0. The molecule has 0 radical (unpaired) electrons. The van der Waals surface area contributed by atoms with E-state index in [1.165, 1.54) is 54.9 Å². The van der Waals surface area contributed by atoms with E-state index in [9.17, 15) is 5.26 Å². The van der Waals surface area contributed by atoms with E-state index in [1.807, 2.05) is 66.7 Å². The van der Waals surface area contributed by atoms with Crippen molar-refractivity contribution in [1.29, 1.82) is 5.26 Å². The van der Waals surface area contributed by atoms with Crippen LogP contribution in [-0.2, 0) is 0 Å². The van der Waals surface area contributed by atoms with Gasteiger partial charge in [0.05, 0.1) is 11.6 Å². The van der Waals surface area contributed by atoms with E-state index in [1.54, 1.807) is 0 Å². The topological polar surface area (TPSA) is 62.5 Å². The lowest BCUT2D eigenvalue weighted by Crippen LogP contribution is -2.01. The molecule has 4 nitrogen and oxygen atoms in total. The summed E-state index contributed by atoms with van der Waals surface area (Å²) in [6.45, 7) is 0.